The van der Waals surface area contributed by atoms with E-state index >= 15 is 0 Å². The molecule has 0 bridgehead atoms. The molecule has 4 aromatic rings. The molecule has 2 amide bonds. The van der Waals surface area contributed by atoms with Crippen molar-refractivity contribution >= 4 is 74.7 Å². The first-order valence-electron chi connectivity index (χ1n) is 10.5. The maximum Gasteiger partial charge on any atom is 0.293 e. The molecule has 2 heterocycles. The molecule has 1 aliphatic heterocycles. The maximum absolute atomic E-state index is 14.2. The van der Waals surface area contributed by atoms with Crippen molar-refractivity contribution in [1.82, 2.24) is 9.47 Å². The first-order valence-corrected chi connectivity index (χ1v) is 12.5. The van der Waals surface area contributed by atoms with E-state index in [-0.39, 0.29) is 22.0 Å². The molecule has 3 aromatic carbocycles. The second kappa shape index (κ2) is 9.70. The standard InChI is InChI=1S/C26H16Cl3FN2O2S/c27-19-6-3-7-20(28)17(19)13-31-12-15(16-5-1-2-10-23(16)31)11-24-25(33)32(26(34)35-24)14-18-21(29)8-4-9-22(18)30/h1-12H,13-14H2/b24-11+. The number of benzene rings is 3. The zero-order chi connectivity index (χ0) is 24.7. The van der Waals surface area contributed by atoms with Crippen LogP contribution in [0.1, 0.15) is 16.7 Å². The summed E-state index contributed by atoms with van der Waals surface area (Å²) < 4.78 is 16.2. The molecule has 35 heavy (non-hydrogen) atoms. The quantitative estimate of drug-likeness (QED) is 0.238. The average molecular weight is 546 g/mol. The van der Waals surface area contributed by atoms with Gasteiger partial charge in [0, 0.05) is 48.9 Å². The Bertz CT molecular complexity index is 1490. The first kappa shape index (κ1) is 23.9. The summed E-state index contributed by atoms with van der Waals surface area (Å²) in [6.45, 7) is 0.195. The van der Waals surface area contributed by atoms with E-state index in [4.69, 9.17) is 34.8 Å². The van der Waals surface area contributed by atoms with Crippen LogP contribution in [0.4, 0.5) is 9.18 Å². The van der Waals surface area contributed by atoms with E-state index in [0.717, 1.165) is 38.7 Å². The predicted molar refractivity (Wildman–Crippen MR) is 140 cm³/mol. The van der Waals surface area contributed by atoms with E-state index in [0.29, 0.717) is 16.6 Å². The van der Waals surface area contributed by atoms with Crippen LogP contribution in [0.15, 0.2) is 71.8 Å². The molecule has 0 spiro atoms. The maximum atomic E-state index is 14.2. The molecule has 1 aliphatic rings. The van der Waals surface area contributed by atoms with Crippen LogP contribution in [0, 0.1) is 5.82 Å². The molecule has 0 aliphatic carbocycles. The molecule has 0 unspecified atom stereocenters. The van der Waals surface area contributed by atoms with Crippen LogP contribution in [0.3, 0.4) is 0 Å². The molecule has 0 saturated carbocycles. The van der Waals surface area contributed by atoms with Crippen LogP contribution in [0.5, 0.6) is 0 Å². The number of hydrogen-bond donors (Lipinski definition) is 0. The summed E-state index contributed by atoms with van der Waals surface area (Å²) in [5.41, 5.74) is 2.57. The van der Waals surface area contributed by atoms with Gasteiger partial charge in [-0.2, -0.15) is 0 Å². The highest BCUT2D eigenvalue weighted by atomic mass is 35.5. The Hall–Kier alpha value is -2.77. The highest BCUT2D eigenvalue weighted by Crippen LogP contribution is 2.36. The number of amides is 2. The second-order valence-corrected chi connectivity index (χ2v) is 10.1. The van der Waals surface area contributed by atoms with Crippen LogP contribution < -0.4 is 0 Å². The van der Waals surface area contributed by atoms with Gasteiger partial charge in [0.15, 0.2) is 0 Å². The van der Waals surface area contributed by atoms with Crippen molar-refractivity contribution in [2.24, 2.45) is 0 Å². The fourth-order valence-electron chi connectivity index (χ4n) is 3.99. The molecule has 0 N–H and O–H groups in total. The third kappa shape index (κ3) is 4.59. The number of aromatic nitrogens is 1. The monoisotopic (exact) mass is 544 g/mol. The molecule has 4 nitrogen and oxygen atoms in total. The van der Waals surface area contributed by atoms with Crippen LogP contribution >= 0.6 is 46.6 Å². The number of carbonyl (C=O) groups is 2. The fourth-order valence-corrected chi connectivity index (χ4v) is 5.56. The molecule has 0 radical (unpaired) electrons. The number of fused-ring (bicyclic) bond motifs is 1. The Morgan fingerprint density at radius 2 is 1.49 bits per heavy atom. The Labute approximate surface area is 219 Å². The van der Waals surface area contributed by atoms with E-state index in [1.807, 2.05) is 35.0 Å². The van der Waals surface area contributed by atoms with Crippen molar-refractivity contribution in [3.8, 4) is 0 Å². The summed E-state index contributed by atoms with van der Waals surface area (Å²) >= 11 is 19.7. The number of rotatable bonds is 5. The van der Waals surface area contributed by atoms with E-state index < -0.39 is 17.0 Å². The summed E-state index contributed by atoms with van der Waals surface area (Å²) in [6.07, 6.45) is 3.58. The lowest BCUT2D eigenvalue weighted by Crippen LogP contribution is -2.28. The lowest BCUT2D eigenvalue weighted by atomic mass is 10.1. The SMILES string of the molecule is O=C1S/C(=C/c2cn(Cc3c(Cl)cccc3Cl)c3ccccc23)C(=O)N1Cc1c(F)cccc1Cl. The number of halogens is 4. The third-order valence-corrected chi connectivity index (χ3v) is 7.72. The minimum absolute atomic E-state index is 0.103. The summed E-state index contributed by atoms with van der Waals surface area (Å²) in [5.74, 6) is -1.06. The van der Waals surface area contributed by atoms with Gasteiger partial charge in [0.2, 0.25) is 0 Å². The highest BCUT2D eigenvalue weighted by molar-refractivity contribution is 8.18. The summed E-state index contributed by atoms with van der Waals surface area (Å²) in [4.78, 5) is 27.0. The molecular weight excluding hydrogens is 530 g/mol. The number of nitrogens with zero attached hydrogens (tertiary/aromatic N) is 2. The normalized spacial score (nSPS) is 15.1. The predicted octanol–water partition coefficient (Wildman–Crippen LogP) is 8.03. The minimum atomic E-state index is -0.568. The number of thioether (sulfide) groups is 1. The van der Waals surface area contributed by atoms with Crippen LogP contribution in [-0.2, 0) is 17.9 Å². The number of imide groups is 1. The van der Waals surface area contributed by atoms with Gasteiger partial charge < -0.3 is 4.57 Å². The van der Waals surface area contributed by atoms with Gasteiger partial charge in [0.1, 0.15) is 5.82 Å². The zero-order valence-electron chi connectivity index (χ0n) is 18.0. The highest BCUT2D eigenvalue weighted by Gasteiger charge is 2.36. The van der Waals surface area contributed by atoms with Crippen molar-refractivity contribution in [2.75, 3.05) is 0 Å². The molecule has 5 rings (SSSR count). The topological polar surface area (TPSA) is 42.3 Å². The van der Waals surface area contributed by atoms with Crippen LogP contribution in [0.25, 0.3) is 17.0 Å². The zero-order valence-corrected chi connectivity index (χ0v) is 21.1. The third-order valence-electron chi connectivity index (χ3n) is 5.75. The van der Waals surface area contributed by atoms with Gasteiger partial charge in [-0.15, -0.1) is 0 Å². The molecule has 9 heteroatoms. The van der Waals surface area contributed by atoms with Gasteiger partial charge in [-0.3, -0.25) is 14.5 Å². The van der Waals surface area contributed by atoms with Crippen LogP contribution in [-0.4, -0.2) is 20.6 Å². The Morgan fingerprint density at radius 1 is 0.829 bits per heavy atom. The van der Waals surface area contributed by atoms with Crippen molar-refractivity contribution in [2.45, 2.75) is 13.1 Å². The number of hydrogen-bond acceptors (Lipinski definition) is 3. The van der Waals surface area contributed by atoms with Gasteiger partial charge in [0.25, 0.3) is 11.1 Å². The minimum Gasteiger partial charge on any atom is -0.342 e. The van der Waals surface area contributed by atoms with Gasteiger partial charge >= 0.3 is 0 Å². The van der Waals surface area contributed by atoms with Gasteiger partial charge in [-0.25, -0.2) is 4.39 Å². The van der Waals surface area contributed by atoms with E-state index in [1.165, 1.54) is 18.2 Å². The van der Waals surface area contributed by atoms with Gasteiger partial charge in [0.05, 0.1) is 18.0 Å². The molecule has 1 aromatic heterocycles. The van der Waals surface area contributed by atoms with E-state index in [2.05, 4.69) is 0 Å². The first-order chi connectivity index (χ1) is 16.8. The van der Waals surface area contributed by atoms with Crippen LogP contribution in [0.2, 0.25) is 15.1 Å². The van der Waals surface area contributed by atoms with E-state index in [1.54, 1.807) is 24.3 Å². The Kier molecular flexibility index (Phi) is 6.64. The largest absolute Gasteiger partial charge is 0.342 e. The lowest BCUT2D eigenvalue weighted by Gasteiger charge is -2.14. The molecule has 0 atom stereocenters. The average Bonchev–Trinajstić information content (AvgIpc) is 3.30. The summed E-state index contributed by atoms with van der Waals surface area (Å²) in [6, 6.07) is 17.3. The smallest absolute Gasteiger partial charge is 0.293 e. The Morgan fingerprint density at radius 3 is 2.20 bits per heavy atom. The molecule has 1 fully saturated rings. The summed E-state index contributed by atoms with van der Waals surface area (Å²) in [7, 11) is 0. The number of carbonyl (C=O) groups excluding carboxylic acids is 2. The lowest BCUT2D eigenvalue weighted by molar-refractivity contribution is -0.123. The molecule has 176 valence electrons. The van der Waals surface area contributed by atoms with Crippen molar-refractivity contribution < 1.29 is 14.0 Å². The molecule has 1 saturated heterocycles. The van der Waals surface area contributed by atoms with Crippen molar-refractivity contribution in [3.63, 3.8) is 0 Å². The summed E-state index contributed by atoms with van der Waals surface area (Å²) in [5, 5.41) is 1.70. The van der Waals surface area contributed by atoms with E-state index in [9.17, 15) is 14.0 Å². The molecular formula is C26H16Cl3FN2O2S. The second-order valence-electron chi connectivity index (χ2n) is 7.90. The fraction of sp³-hybridized carbons (Fsp3) is 0.0769. The van der Waals surface area contributed by atoms with Crippen molar-refractivity contribution in [3.05, 3.63) is 109 Å². The Balaban J connectivity index is 1.49. The van der Waals surface area contributed by atoms with Gasteiger partial charge in [-0.1, -0.05) is 65.1 Å². The van der Waals surface area contributed by atoms with Gasteiger partial charge in [-0.05, 0) is 48.2 Å². The van der Waals surface area contributed by atoms with Crippen molar-refractivity contribution in [1.29, 1.82) is 0 Å². The number of para-hydroxylation sites is 1.